The lowest BCUT2D eigenvalue weighted by Crippen LogP contribution is -2.32. The van der Waals surface area contributed by atoms with E-state index in [4.69, 9.17) is 20.8 Å². The zero-order chi connectivity index (χ0) is 18.4. The number of nitriles is 1. The van der Waals surface area contributed by atoms with E-state index in [-0.39, 0.29) is 11.7 Å². The Morgan fingerprint density at radius 2 is 2.15 bits per heavy atom. The Balaban J connectivity index is 1.61. The molecule has 1 atom stereocenters. The number of hydrogen-bond acceptors (Lipinski definition) is 5. The van der Waals surface area contributed by atoms with Gasteiger partial charge in [0.15, 0.2) is 5.09 Å². The summed E-state index contributed by atoms with van der Waals surface area (Å²) in [5, 5.41) is 13.3. The Labute approximate surface area is 161 Å². The summed E-state index contributed by atoms with van der Waals surface area (Å²) in [6, 6.07) is 12.8. The molecule has 0 unspecified atom stereocenters. The maximum atomic E-state index is 12.1. The molecule has 0 aliphatic carbocycles. The van der Waals surface area contributed by atoms with Gasteiger partial charge in [0, 0.05) is 29.1 Å². The molecule has 0 radical (unpaired) electrons. The standard InChI is InChI=1S/C19H17ClN2O3S/c20-14-3-6-17(7-4-14)26-18-8-5-15(25-18)10-13(11-21)19(23)22-12-16-2-1-9-24-16/h3-8,10,16H,1-2,9,12H2,(H,22,23)/b13-10-/t16-/m1/s1. The summed E-state index contributed by atoms with van der Waals surface area (Å²) in [5.41, 5.74) is 0.000361. The van der Waals surface area contributed by atoms with E-state index in [1.165, 1.54) is 17.8 Å². The van der Waals surface area contributed by atoms with E-state index in [2.05, 4.69) is 5.32 Å². The highest BCUT2D eigenvalue weighted by Gasteiger charge is 2.18. The van der Waals surface area contributed by atoms with Crippen LogP contribution in [0.3, 0.4) is 0 Å². The van der Waals surface area contributed by atoms with Crippen molar-refractivity contribution >= 4 is 35.3 Å². The van der Waals surface area contributed by atoms with Crippen LogP contribution in [0.5, 0.6) is 0 Å². The van der Waals surface area contributed by atoms with Gasteiger partial charge in [0.2, 0.25) is 0 Å². The van der Waals surface area contributed by atoms with Gasteiger partial charge in [0.25, 0.3) is 5.91 Å². The second-order valence-electron chi connectivity index (χ2n) is 5.73. The minimum Gasteiger partial charge on any atom is -0.450 e. The Kier molecular flexibility index (Phi) is 6.40. The molecule has 1 N–H and O–H groups in total. The number of amides is 1. The number of halogens is 1. The first-order valence-electron chi connectivity index (χ1n) is 8.19. The molecule has 5 nitrogen and oxygen atoms in total. The molecule has 1 saturated heterocycles. The first-order chi connectivity index (χ1) is 12.6. The minimum absolute atomic E-state index is 0.000361. The molecule has 1 fully saturated rings. The predicted molar refractivity (Wildman–Crippen MR) is 99.9 cm³/mol. The normalized spacial score (nSPS) is 17.1. The van der Waals surface area contributed by atoms with Crippen molar-refractivity contribution in [2.45, 2.75) is 28.9 Å². The third-order valence-corrected chi connectivity index (χ3v) is 4.98. The van der Waals surface area contributed by atoms with Crippen LogP contribution in [0.1, 0.15) is 18.6 Å². The highest BCUT2D eigenvalue weighted by atomic mass is 35.5. The van der Waals surface area contributed by atoms with E-state index >= 15 is 0 Å². The molecule has 2 aromatic rings. The summed E-state index contributed by atoms with van der Waals surface area (Å²) in [6.45, 7) is 1.13. The molecule has 1 amide bonds. The third kappa shape index (κ3) is 5.15. The third-order valence-electron chi connectivity index (χ3n) is 3.80. The van der Waals surface area contributed by atoms with Gasteiger partial charge < -0.3 is 14.5 Å². The van der Waals surface area contributed by atoms with Crippen LogP contribution in [0.25, 0.3) is 6.08 Å². The highest BCUT2D eigenvalue weighted by molar-refractivity contribution is 7.99. The topological polar surface area (TPSA) is 75.3 Å². The summed E-state index contributed by atoms with van der Waals surface area (Å²) in [4.78, 5) is 13.1. The molecule has 7 heteroatoms. The van der Waals surface area contributed by atoms with Crippen LogP contribution in [0.2, 0.25) is 5.02 Å². The molecule has 1 aliphatic heterocycles. The first-order valence-corrected chi connectivity index (χ1v) is 9.38. The van der Waals surface area contributed by atoms with Gasteiger partial charge in [-0.05, 0) is 49.2 Å². The van der Waals surface area contributed by atoms with Crippen LogP contribution in [-0.2, 0) is 9.53 Å². The molecule has 1 aromatic carbocycles. The number of benzene rings is 1. The molecule has 2 heterocycles. The maximum Gasteiger partial charge on any atom is 0.262 e. The molecular weight excluding hydrogens is 372 g/mol. The number of ether oxygens (including phenoxy) is 1. The van der Waals surface area contributed by atoms with Crippen LogP contribution < -0.4 is 5.32 Å². The minimum atomic E-state index is -0.425. The van der Waals surface area contributed by atoms with E-state index in [9.17, 15) is 10.1 Å². The molecule has 26 heavy (non-hydrogen) atoms. The van der Waals surface area contributed by atoms with Gasteiger partial charge in [-0.3, -0.25) is 4.79 Å². The Hall–Kier alpha value is -2.20. The monoisotopic (exact) mass is 388 g/mol. The van der Waals surface area contributed by atoms with Gasteiger partial charge in [0.1, 0.15) is 17.4 Å². The van der Waals surface area contributed by atoms with Crippen molar-refractivity contribution in [2.24, 2.45) is 0 Å². The molecule has 0 spiro atoms. The van der Waals surface area contributed by atoms with Crippen molar-refractivity contribution < 1.29 is 13.9 Å². The van der Waals surface area contributed by atoms with Crippen molar-refractivity contribution in [1.29, 1.82) is 5.26 Å². The molecule has 3 rings (SSSR count). The fourth-order valence-corrected chi connectivity index (χ4v) is 3.39. The average molecular weight is 389 g/mol. The van der Waals surface area contributed by atoms with Gasteiger partial charge in [0.05, 0.1) is 6.10 Å². The lowest BCUT2D eigenvalue weighted by Gasteiger charge is -2.09. The van der Waals surface area contributed by atoms with Crippen LogP contribution in [-0.4, -0.2) is 25.2 Å². The fraction of sp³-hybridized carbons (Fsp3) is 0.263. The number of carbonyl (C=O) groups excluding carboxylic acids is 1. The summed E-state index contributed by atoms with van der Waals surface area (Å²) in [5.74, 6) is 0.0246. The van der Waals surface area contributed by atoms with Crippen molar-refractivity contribution in [3.8, 4) is 6.07 Å². The lowest BCUT2D eigenvalue weighted by atomic mass is 10.2. The number of nitrogens with zero attached hydrogens (tertiary/aromatic N) is 1. The van der Waals surface area contributed by atoms with Crippen molar-refractivity contribution in [1.82, 2.24) is 5.32 Å². The molecule has 134 valence electrons. The van der Waals surface area contributed by atoms with E-state index < -0.39 is 5.91 Å². The summed E-state index contributed by atoms with van der Waals surface area (Å²) in [6.07, 6.45) is 3.40. The number of nitrogens with one attached hydrogen (secondary N) is 1. The van der Waals surface area contributed by atoms with Gasteiger partial charge in [-0.2, -0.15) is 5.26 Å². The van der Waals surface area contributed by atoms with Crippen molar-refractivity contribution in [2.75, 3.05) is 13.2 Å². The van der Waals surface area contributed by atoms with Crippen LogP contribution in [0, 0.1) is 11.3 Å². The van der Waals surface area contributed by atoms with E-state index in [0.29, 0.717) is 22.4 Å². The second-order valence-corrected chi connectivity index (χ2v) is 7.24. The van der Waals surface area contributed by atoms with Crippen LogP contribution in [0.15, 0.2) is 56.4 Å². The van der Waals surface area contributed by atoms with Gasteiger partial charge in [-0.1, -0.05) is 23.4 Å². The molecule has 0 bridgehead atoms. The zero-order valence-electron chi connectivity index (χ0n) is 13.9. The molecular formula is C19H17ClN2O3S. The second kappa shape index (κ2) is 8.95. The average Bonchev–Trinajstić information content (AvgIpc) is 3.31. The largest absolute Gasteiger partial charge is 0.450 e. The Morgan fingerprint density at radius 3 is 2.85 bits per heavy atom. The first kappa shape index (κ1) is 18.6. The SMILES string of the molecule is N#C/C(=C/c1ccc(Sc2ccc(Cl)cc2)o1)C(=O)NC[C@H]1CCCO1. The van der Waals surface area contributed by atoms with Crippen LogP contribution >= 0.6 is 23.4 Å². The quantitative estimate of drug-likeness (QED) is 0.590. The van der Waals surface area contributed by atoms with E-state index in [1.54, 1.807) is 24.3 Å². The highest BCUT2D eigenvalue weighted by Crippen LogP contribution is 2.30. The van der Waals surface area contributed by atoms with E-state index in [0.717, 1.165) is 24.3 Å². The van der Waals surface area contributed by atoms with Gasteiger partial charge >= 0.3 is 0 Å². The van der Waals surface area contributed by atoms with Gasteiger partial charge in [-0.15, -0.1) is 0 Å². The number of hydrogen-bond donors (Lipinski definition) is 1. The van der Waals surface area contributed by atoms with Crippen LogP contribution in [0.4, 0.5) is 0 Å². The number of furan rings is 1. The fourth-order valence-electron chi connectivity index (χ4n) is 2.48. The van der Waals surface area contributed by atoms with E-state index in [1.807, 2.05) is 18.2 Å². The summed E-state index contributed by atoms with van der Waals surface area (Å²) >= 11 is 7.30. The molecule has 0 saturated carbocycles. The number of rotatable bonds is 6. The summed E-state index contributed by atoms with van der Waals surface area (Å²) in [7, 11) is 0. The van der Waals surface area contributed by atoms with Crippen molar-refractivity contribution in [3.63, 3.8) is 0 Å². The number of carbonyl (C=O) groups is 1. The van der Waals surface area contributed by atoms with Crippen molar-refractivity contribution in [3.05, 3.63) is 52.8 Å². The maximum absolute atomic E-state index is 12.1. The predicted octanol–water partition coefficient (Wildman–Crippen LogP) is 4.29. The van der Waals surface area contributed by atoms with Gasteiger partial charge in [-0.25, -0.2) is 0 Å². The molecule has 1 aromatic heterocycles. The Bertz CT molecular complexity index is 833. The smallest absolute Gasteiger partial charge is 0.262 e. The Morgan fingerprint density at radius 1 is 1.35 bits per heavy atom. The lowest BCUT2D eigenvalue weighted by molar-refractivity contribution is -0.117. The molecule has 1 aliphatic rings. The zero-order valence-corrected chi connectivity index (χ0v) is 15.5. The summed E-state index contributed by atoms with van der Waals surface area (Å²) < 4.78 is 11.1.